The molecule has 1 aromatic heterocycles. The number of nitrogens with zero attached hydrogens (tertiary/aromatic N) is 2. The van der Waals surface area contributed by atoms with E-state index in [2.05, 4.69) is 43.3 Å². The number of aromatic nitrogens is 2. The molecular weight excluding hydrogens is 282 g/mol. The molecule has 0 atom stereocenters. The van der Waals surface area contributed by atoms with Gasteiger partial charge in [-0.2, -0.15) is 5.10 Å². The van der Waals surface area contributed by atoms with Gasteiger partial charge in [0.2, 0.25) is 5.91 Å². The number of hydrogen-bond acceptors (Lipinski definition) is 3. The van der Waals surface area contributed by atoms with E-state index in [4.69, 9.17) is 0 Å². The van der Waals surface area contributed by atoms with Crippen LogP contribution in [0.5, 0.6) is 0 Å². The van der Waals surface area contributed by atoms with Crippen molar-refractivity contribution >= 4 is 23.5 Å². The predicted octanol–water partition coefficient (Wildman–Crippen LogP) is 3.58. The van der Waals surface area contributed by atoms with Crippen LogP contribution in [0.25, 0.3) is 0 Å². The van der Waals surface area contributed by atoms with E-state index in [1.54, 1.807) is 6.20 Å². The van der Waals surface area contributed by atoms with Gasteiger partial charge in [0.25, 0.3) is 0 Å². The molecule has 0 aliphatic rings. The Hall–Kier alpha value is -1.75. The molecule has 1 amide bonds. The van der Waals surface area contributed by atoms with Gasteiger partial charge in [0.15, 0.2) is 0 Å². The summed E-state index contributed by atoms with van der Waals surface area (Å²) in [5, 5.41) is 7.15. The maximum atomic E-state index is 12.0. The molecule has 0 saturated heterocycles. The van der Waals surface area contributed by atoms with E-state index in [1.165, 1.54) is 17.3 Å². The van der Waals surface area contributed by atoms with Gasteiger partial charge in [0.05, 0.1) is 11.9 Å². The zero-order valence-electron chi connectivity index (χ0n) is 12.7. The lowest BCUT2D eigenvalue weighted by Crippen LogP contribution is -2.18. The Kier molecular flexibility index (Phi) is 5.44. The smallest absolute Gasteiger partial charge is 0.235 e. The van der Waals surface area contributed by atoms with Gasteiger partial charge in [-0.15, -0.1) is 11.8 Å². The normalized spacial score (nSPS) is 10.9. The standard InChI is InChI=1S/C16H21N3OS/c1-12(2)10-19-15(8-9-17-19)18-16(20)11-21-14-6-4-13(3)5-7-14/h4-9,12H,10-11H2,1-3H3,(H,18,20). The highest BCUT2D eigenvalue weighted by Gasteiger charge is 2.09. The van der Waals surface area contributed by atoms with Gasteiger partial charge in [-0.05, 0) is 25.0 Å². The molecule has 0 spiro atoms. The van der Waals surface area contributed by atoms with Gasteiger partial charge in [-0.1, -0.05) is 31.5 Å². The quantitative estimate of drug-likeness (QED) is 0.830. The molecule has 1 N–H and O–H groups in total. The number of rotatable bonds is 6. The summed E-state index contributed by atoms with van der Waals surface area (Å²) < 4.78 is 1.83. The summed E-state index contributed by atoms with van der Waals surface area (Å²) in [7, 11) is 0. The molecular formula is C16H21N3OS. The molecule has 1 aromatic carbocycles. The Balaban J connectivity index is 1.87. The highest BCUT2D eigenvalue weighted by atomic mass is 32.2. The van der Waals surface area contributed by atoms with E-state index in [9.17, 15) is 4.79 Å². The molecule has 112 valence electrons. The van der Waals surface area contributed by atoms with Crippen molar-refractivity contribution in [2.24, 2.45) is 5.92 Å². The number of aryl methyl sites for hydroxylation is 1. The summed E-state index contributed by atoms with van der Waals surface area (Å²) in [5.41, 5.74) is 1.22. The number of hydrogen-bond donors (Lipinski definition) is 1. The van der Waals surface area contributed by atoms with Crippen LogP contribution in [0.3, 0.4) is 0 Å². The number of amides is 1. The van der Waals surface area contributed by atoms with Crippen LogP contribution >= 0.6 is 11.8 Å². The zero-order valence-corrected chi connectivity index (χ0v) is 13.5. The van der Waals surface area contributed by atoms with Crippen molar-refractivity contribution < 1.29 is 4.79 Å². The minimum atomic E-state index is -0.00826. The van der Waals surface area contributed by atoms with Gasteiger partial charge in [-0.25, -0.2) is 4.68 Å². The maximum absolute atomic E-state index is 12.0. The molecule has 21 heavy (non-hydrogen) atoms. The third-order valence-corrected chi connectivity index (χ3v) is 3.93. The lowest BCUT2D eigenvalue weighted by atomic mass is 10.2. The molecule has 0 saturated carbocycles. The third-order valence-electron chi connectivity index (χ3n) is 2.91. The second-order valence-electron chi connectivity index (χ2n) is 5.44. The fourth-order valence-corrected chi connectivity index (χ4v) is 2.59. The van der Waals surface area contributed by atoms with Crippen LogP contribution in [-0.2, 0) is 11.3 Å². The lowest BCUT2D eigenvalue weighted by Gasteiger charge is -2.10. The Labute approximate surface area is 129 Å². The molecule has 0 aliphatic carbocycles. The van der Waals surface area contributed by atoms with E-state index in [1.807, 2.05) is 22.9 Å². The summed E-state index contributed by atoms with van der Waals surface area (Å²) in [5.74, 6) is 1.64. The summed E-state index contributed by atoms with van der Waals surface area (Å²) in [6.07, 6.45) is 1.71. The maximum Gasteiger partial charge on any atom is 0.235 e. The molecule has 0 fully saturated rings. The van der Waals surface area contributed by atoms with Crippen LogP contribution in [0, 0.1) is 12.8 Å². The van der Waals surface area contributed by atoms with Crippen LogP contribution in [-0.4, -0.2) is 21.4 Å². The molecule has 0 aliphatic heterocycles. The second-order valence-corrected chi connectivity index (χ2v) is 6.49. The number of anilines is 1. The zero-order chi connectivity index (χ0) is 15.2. The minimum Gasteiger partial charge on any atom is -0.310 e. The van der Waals surface area contributed by atoms with Gasteiger partial charge in [0, 0.05) is 17.5 Å². The summed E-state index contributed by atoms with van der Waals surface area (Å²) in [4.78, 5) is 13.1. The first-order valence-corrected chi connectivity index (χ1v) is 8.04. The van der Waals surface area contributed by atoms with E-state index in [0.29, 0.717) is 11.7 Å². The minimum absolute atomic E-state index is 0.00826. The van der Waals surface area contributed by atoms with E-state index in [-0.39, 0.29) is 5.91 Å². The topological polar surface area (TPSA) is 46.9 Å². The first-order valence-electron chi connectivity index (χ1n) is 7.05. The van der Waals surface area contributed by atoms with E-state index >= 15 is 0 Å². The first-order chi connectivity index (χ1) is 10.0. The monoisotopic (exact) mass is 303 g/mol. The Morgan fingerprint density at radius 2 is 2.00 bits per heavy atom. The summed E-state index contributed by atoms with van der Waals surface area (Å²) in [6, 6.07) is 10.0. The Morgan fingerprint density at radius 3 is 2.67 bits per heavy atom. The van der Waals surface area contributed by atoms with Crippen molar-refractivity contribution in [1.82, 2.24) is 9.78 Å². The van der Waals surface area contributed by atoms with Crippen LogP contribution in [0.1, 0.15) is 19.4 Å². The van der Waals surface area contributed by atoms with Crippen molar-refractivity contribution in [3.05, 3.63) is 42.1 Å². The van der Waals surface area contributed by atoms with Crippen molar-refractivity contribution in [3.63, 3.8) is 0 Å². The van der Waals surface area contributed by atoms with Crippen molar-refractivity contribution in [2.75, 3.05) is 11.1 Å². The number of carbonyl (C=O) groups is 1. The van der Waals surface area contributed by atoms with Gasteiger partial charge >= 0.3 is 0 Å². The largest absolute Gasteiger partial charge is 0.310 e. The molecule has 0 radical (unpaired) electrons. The van der Waals surface area contributed by atoms with Crippen molar-refractivity contribution in [3.8, 4) is 0 Å². The first kappa shape index (κ1) is 15.6. The number of thioether (sulfide) groups is 1. The summed E-state index contributed by atoms with van der Waals surface area (Å²) >= 11 is 1.54. The molecule has 5 heteroatoms. The highest BCUT2D eigenvalue weighted by molar-refractivity contribution is 8.00. The van der Waals surface area contributed by atoms with Crippen LogP contribution in [0.15, 0.2) is 41.4 Å². The third kappa shape index (κ3) is 4.93. The van der Waals surface area contributed by atoms with Gasteiger partial charge in [0.1, 0.15) is 5.82 Å². The molecule has 2 rings (SSSR count). The second kappa shape index (κ2) is 7.31. The predicted molar refractivity (Wildman–Crippen MR) is 87.6 cm³/mol. The Morgan fingerprint density at radius 1 is 1.29 bits per heavy atom. The fraction of sp³-hybridized carbons (Fsp3) is 0.375. The molecule has 0 unspecified atom stereocenters. The number of nitrogens with one attached hydrogen (secondary N) is 1. The number of benzene rings is 1. The number of carbonyl (C=O) groups excluding carboxylic acids is 1. The molecule has 1 heterocycles. The van der Waals surface area contributed by atoms with Crippen molar-refractivity contribution in [2.45, 2.75) is 32.2 Å². The average molecular weight is 303 g/mol. The van der Waals surface area contributed by atoms with Crippen LogP contribution in [0.4, 0.5) is 5.82 Å². The molecule has 4 nitrogen and oxygen atoms in total. The van der Waals surface area contributed by atoms with Crippen LogP contribution in [0.2, 0.25) is 0 Å². The van der Waals surface area contributed by atoms with E-state index < -0.39 is 0 Å². The van der Waals surface area contributed by atoms with Crippen LogP contribution < -0.4 is 5.32 Å². The SMILES string of the molecule is Cc1ccc(SCC(=O)Nc2ccnn2CC(C)C)cc1. The fourth-order valence-electron chi connectivity index (χ4n) is 1.89. The van der Waals surface area contributed by atoms with Gasteiger partial charge < -0.3 is 5.32 Å². The van der Waals surface area contributed by atoms with Gasteiger partial charge in [-0.3, -0.25) is 4.79 Å². The highest BCUT2D eigenvalue weighted by Crippen LogP contribution is 2.18. The molecule has 0 bridgehead atoms. The Bertz CT molecular complexity index is 590. The van der Waals surface area contributed by atoms with E-state index in [0.717, 1.165) is 17.3 Å². The van der Waals surface area contributed by atoms with Crippen molar-refractivity contribution in [1.29, 1.82) is 0 Å². The molecule has 2 aromatic rings. The summed E-state index contributed by atoms with van der Waals surface area (Å²) in [6.45, 7) is 7.10. The average Bonchev–Trinajstić information content (AvgIpc) is 2.84. The lowest BCUT2D eigenvalue weighted by molar-refractivity contribution is -0.113.